The molecule has 110 valence electrons. The predicted octanol–water partition coefficient (Wildman–Crippen LogP) is 3.13. The number of nitrogens with zero attached hydrogens (tertiary/aromatic N) is 2. The summed E-state index contributed by atoms with van der Waals surface area (Å²) >= 11 is 0. The van der Waals surface area contributed by atoms with Crippen molar-refractivity contribution in [1.29, 1.82) is 0 Å². The van der Waals surface area contributed by atoms with E-state index in [1.165, 1.54) is 30.4 Å². The summed E-state index contributed by atoms with van der Waals surface area (Å²) in [7, 11) is 0. The maximum Gasteiger partial charge on any atom is 0.130 e. The molecule has 2 aromatic rings. The molecule has 2 aliphatic carbocycles. The normalized spacial score (nSPS) is 21.1. The van der Waals surface area contributed by atoms with Crippen LogP contribution in [0.2, 0.25) is 0 Å². The Kier molecular flexibility index (Phi) is 3.19. The topological polar surface area (TPSA) is 53.1 Å². The van der Waals surface area contributed by atoms with Crippen LogP contribution in [0.25, 0.3) is 0 Å². The average molecular weight is 283 g/mol. The minimum absolute atomic E-state index is 0.161. The Bertz CT molecular complexity index is 645. The molecule has 1 atom stereocenters. The zero-order valence-electron chi connectivity index (χ0n) is 12.2. The van der Waals surface area contributed by atoms with E-state index >= 15 is 0 Å². The molecule has 4 rings (SSSR count). The van der Waals surface area contributed by atoms with Crippen LogP contribution in [0.15, 0.2) is 30.7 Å². The molecule has 2 N–H and O–H groups in total. The lowest BCUT2D eigenvalue weighted by Gasteiger charge is -2.22. The van der Waals surface area contributed by atoms with Crippen molar-refractivity contribution in [1.82, 2.24) is 9.55 Å². The quantitative estimate of drug-likeness (QED) is 0.938. The van der Waals surface area contributed by atoms with Gasteiger partial charge >= 0.3 is 0 Å². The number of fused-ring (bicyclic) bond motifs is 1. The van der Waals surface area contributed by atoms with Gasteiger partial charge < -0.3 is 15.0 Å². The summed E-state index contributed by atoms with van der Waals surface area (Å²) < 4.78 is 8.21. The smallest absolute Gasteiger partial charge is 0.130 e. The SMILES string of the molecule is N[C@@H]1CCCc2ccc(OCc3cncn3C3CC3)cc21. The molecule has 2 aliphatic rings. The number of aryl methyl sites for hydroxylation is 1. The minimum Gasteiger partial charge on any atom is -0.487 e. The van der Waals surface area contributed by atoms with Crippen LogP contribution in [0.1, 0.15) is 54.6 Å². The molecule has 1 aromatic heterocycles. The van der Waals surface area contributed by atoms with Gasteiger partial charge in [0.25, 0.3) is 0 Å². The highest BCUT2D eigenvalue weighted by atomic mass is 16.5. The van der Waals surface area contributed by atoms with Crippen molar-refractivity contribution in [3.05, 3.63) is 47.5 Å². The Hall–Kier alpha value is -1.81. The summed E-state index contributed by atoms with van der Waals surface area (Å²) in [5.41, 5.74) is 10.00. The van der Waals surface area contributed by atoms with Gasteiger partial charge in [-0.2, -0.15) is 0 Å². The van der Waals surface area contributed by atoms with Gasteiger partial charge in [0.15, 0.2) is 0 Å². The Balaban J connectivity index is 1.49. The number of nitrogens with two attached hydrogens (primary N) is 1. The van der Waals surface area contributed by atoms with Gasteiger partial charge in [0.2, 0.25) is 0 Å². The molecule has 0 spiro atoms. The van der Waals surface area contributed by atoms with Gasteiger partial charge in [-0.25, -0.2) is 4.98 Å². The molecule has 0 radical (unpaired) electrons. The number of rotatable bonds is 4. The molecule has 1 heterocycles. The van der Waals surface area contributed by atoms with E-state index in [2.05, 4.69) is 27.8 Å². The van der Waals surface area contributed by atoms with Gasteiger partial charge in [0, 0.05) is 12.1 Å². The molecule has 21 heavy (non-hydrogen) atoms. The van der Waals surface area contributed by atoms with Crippen molar-refractivity contribution in [2.24, 2.45) is 5.73 Å². The molecule has 0 aliphatic heterocycles. The van der Waals surface area contributed by atoms with E-state index in [-0.39, 0.29) is 6.04 Å². The summed E-state index contributed by atoms with van der Waals surface area (Å²) in [5.74, 6) is 0.912. The van der Waals surface area contributed by atoms with E-state index in [9.17, 15) is 0 Å². The highest BCUT2D eigenvalue weighted by Gasteiger charge is 2.25. The van der Waals surface area contributed by atoms with Gasteiger partial charge in [-0.3, -0.25) is 0 Å². The summed E-state index contributed by atoms with van der Waals surface area (Å²) in [5, 5.41) is 0. The zero-order valence-corrected chi connectivity index (χ0v) is 12.2. The van der Waals surface area contributed by atoms with Gasteiger partial charge in [0.1, 0.15) is 12.4 Å². The van der Waals surface area contributed by atoms with Crippen molar-refractivity contribution >= 4 is 0 Å². The van der Waals surface area contributed by atoms with Crippen LogP contribution in [0.3, 0.4) is 0 Å². The van der Waals surface area contributed by atoms with E-state index in [0.717, 1.165) is 24.3 Å². The van der Waals surface area contributed by atoms with Gasteiger partial charge in [-0.05, 0) is 55.4 Å². The molecule has 0 bridgehead atoms. The molecule has 4 heteroatoms. The Morgan fingerprint density at radius 1 is 1.29 bits per heavy atom. The molecular weight excluding hydrogens is 262 g/mol. The van der Waals surface area contributed by atoms with Crippen LogP contribution < -0.4 is 10.5 Å². The van der Waals surface area contributed by atoms with Crippen molar-refractivity contribution in [3.63, 3.8) is 0 Å². The lowest BCUT2D eigenvalue weighted by Crippen LogP contribution is -2.17. The summed E-state index contributed by atoms with van der Waals surface area (Å²) in [6.07, 6.45) is 9.74. The minimum atomic E-state index is 0.161. The zero-order chi connectivity index (χ0) is 14.2. The average Bonchev–Trinajstić information content (AvgIpc) is 3.24. The van der Waals surface area contributed by atoms with E-state index in [1.807, 2.05) is 12.5 Å². The Morgan fingerprint density at radius 3 is 3.05 bits per heavy atom. The highest BCUT2D eigenvalue weighted by Crippen LogP contribution is 2.36. The predicted molar refractivity (Wildman–Crippen MR) is 81.1 cm³/mol. The van der Waals surface area contributed by atoms with Crippen LogP contribution >= 0.6 is 0 Å². The van der Waals surface area contributed by atoms with Gasteiger partial charge in [0.05, 0.1) is 18.2 Å². The first-order valence-electron chi connectivity index (χ1n) is 7.83. The molecule has 1 aromatic carbocycles. The van der Waals surface area contributed by atoms with Crippen LogP contribution in [0, 0.1) is 0 Å². The van der Waals surface area contributed by atoms with Crippen LogP contribution in [-0.4, -0.2) is 9.55 Å². The number of hydrogen-bond acceptors (Lipinski definition) is 3. The molecule has 0 saturated heterocycles. The van der Waals surface area contributed by atoms with E-state index < -0.39 is 0 Å². The first kappa shape index (κ1) is 12.9. The third-order valence-corrected chi connectivity index (χ3v) is 4.55. The fraction of sp³-hybridized carbons (Fsp3) is 0.471. The second-order valence-electron chi connectivity index (χ2n) is 6.17. The fourth-order valence-electron chi connectivity index (χ4n) is 3.19. The molecule has 1 fully saturated rings. The number of ether oxygens (including phenoxy) is 1. The lowest BCUT2D eigenvalue weighted by atomic mass is 9.88. The standard InChI is InChI=1S/C17H21N3O/c18-17-3-1-2-12-4-7-15(8-16(12)17)21-10-14-9-19-11-20(14)13-5-6-13/h4,7-9,11,13,17H,1-3,5-6,10,18H2/t17-/m1/s1. The maximum absolute atomic E-state index is 6.21. The van der Waals surface area contributed by atoms with Crippen LogP contribution in [-0.2, 0) is 13.0 Å². The summed E-state index contributed by atoms with van der Waals surface area (Å²) in [6, 6.07) is 7.16. The number of imidazole rings is 1. The third kappa shape index (κ3) is 2.56. The van der Waals surface area contributed by atoms with E-state index in [1.54, 1.807) is 0 Å². The first-order chi connectivity index (χ1) is 10.3. The molecule has 0 amide bonds. The van der Waals surface area contributed by atoms with E-state index in [4.69, 9.17) is 10.5 Å². The maximum atomic E-state index is 6.21. The molecule has 0 unspecified atom stereocenters. The first-order valence-corrected chi connectivity index (χ1v) is 7.83. The third-order valence-electron chi connectivity index (χ3n) is 4.55. The lowest BCUT2D eigenvalue weighted by molar-refractivity contribution is 0.294. The monoisotopic (exact) mass is 283 g/mol. The highest BCUT2D eigenvalue weighted by molar-refractivity contribution is 5.39. The number of benzene rings is 1. The fourth-order valence-corrected chi connectivity index (χ4v) is 3.19. The van der Waals surface area contributed by atoms with Crippen molar-refractivity contribution in [2.45, 2.75) is 50.8 Å². The summed E-state index contributed by atoms with van der Waals surface area (Å²) in [6.45, 7) is 0.574. The largest absolute Gasteiger partial charge is 0.487 e. The molecule has 4 nitrogen and oxygen atoms in total. The van der Waals surface area contributed by atoms with Crippen molar-refractivity contribution in [3.8, 4) is 5.75 Å². The van der Waals surface area contributed by atoms with Gasteiger partial charge in [-0.15, -0.1) is 0 Å². The molecular formula is C17H21N3O. The van der Waals surface area contributed by atoms with Crippen molar-refractivity contribution < 1.29 is 4.74 Å². The Labute approximate surface area is 124 Å². The molecule has 1 saturated carbocycles. The Morgan fingerprint density at radius 2 is 2.19 bits per heavy atom. The van der Waals surface area contributed by atoms with Crippen LogP contribution in [0.5, 0.6) is 5.75 Å². The number of hydrogen-bond donors (Lipinski definition) is 1. The second-order valence-corrected chi connectivity index (χ2v) is 6.17. The number of aromatic nitrogens is 2. The van der Waals surface area contributed by atoms with Crippen molar-refractivity contribution in [2.75, 3.05) is 0 Å². The second kappa shape index (κ2) is 5.19. The summed E-state index contributed by atoms with van der Waals surface area (Å²) in [4.78, 5) is 4.24. The van der Waals surface area contributed by atoms with Gasteiger partial charge in [-0.1, -0.05) is 6.07 Å². The van der Waals surface area contributed by atoms with Crippen LogP contribution in [0.4, 0.5) is 0 Å². The van der Waals surface area contributed by atoms with E-state index in [0.29, 0.717) is 12.6 Å².